The molecule has 2 aromatic carbocycles. The number of nitrogens with zero attached hydrogens (tertiary/aromatic N) is 2. The van der Waals surface area contributed by atoms with Crippen LogP contribution < -0.4 is 20.9 Å². The molecule has 1 saturated carbocycles. The van der Waals surface area contributed by atoms with Gasteiger partial charge in [0.2, 0.25) is 5.91 Å². The summed E-state index contributed by atoms with van der Waals surface area (Å²) in [6, 6.07) is 12.4. The van der Waals surface area contributed by atoms with Gasteiger partial charge in [-0.1, -0.05) is 12.1 Å². The standard InChI is InChI=1S/C26H30N4O5/c1-26(2,3)35-25(33)29-20-15-16(9-12-21(20)34-4)27-23(31)14-13-22-28-19-8-6-5-7-18(19)24(32)30(22)17-10-11-17/h5-9,12,15,17H,10-11,13-14H2,1-4H3,(H,27,31)(H,29,33). The predicted molar refractivity (Wildman–Crippen MR) is 134 cm³/mol. The van der Waals surface area contributed by atoms with E-state index in [1.54, 1.807) is 49.6 Å². The largest absolute Gasteiger partial charge is 0.495 e. The van der Waals surface area contributed by atoms with Gasteiger partial charge in [-0.05, 0) is 63.9 Å². The number of nitrogens with one attached hydrogen (secondary N) is 2. The van der Waals surface area contributed by atoms with Crippen LogP contribution in [0.15, 0.2) is 47.3 Å². The van der Waals surface area contributed by atoms with Crippen LogP contribution in [0.1, 0.15) is 51.9 Å². The second-order valence-corrected chi connectivity index (χ2v) is 9.54. The van der Waals surface area contributed by atoms with Crippen LogP contribution in [0, 0.1) is 0 Å². The Kier molecular flexibility index (Phi) is 6.77. The smallest absolute Gasteiger partial charge is 0.412 e. The Labute approximate surface area is 203 Å². The minimum absolute atomic E-state index is 0.0541. The molecule has 9 heteroatoms. The van der Waals surface area contributed by atoms with Gasteiger partial charge in [-0.3, -0.25) is 19.5 Å². The lowest BCUT2D eigenvalue weighted by molar-refractivity contribution is -0.116. The average molecular weight is 479 g/mol. The van der Waals surface area contributed by atoms with Crippen LogP contribution in [0.4, 0.5) is 16.2 Å². The number of aryl methyl sites for hydroxylation is 1. The molecule has 0 radical (unpaired) electrons. The number of fused-ring (bicyclic) bond motifs is 1. The first-order chi connectivity index (χ1) is 16.6. The third-order valence-electron chi connectivity index (χ3n) is 5.49. The number of carbonyl (C=O) groups is 2. The fourth-order valence-electron chi connectivity index (χ4n) is 3.82. The van der Waals surface area contributed by atoms with E-state index in [9.17, 15) is 14.4 Å². The first-order valence-corrected chi connectivity index (χ1v) is 11.6. The highest BCUT2D eigenvalue weighted by Crippen LogP contribution is 2.35. The van der Waals surface area contributed by atoms with Crippen LogP contribution in [0.25, 0.3) is 10.9 Å². The molecule has 1 aliphatic carbocycles. The molecule has 9 nitrogen and oxygen atoms in total. The Bertz CT molecular complexity index is 1320. The van der Waals surface area contributed by atoms with Crippen molar-refractivity contribution in [1.29, 1.82) is 0 Å². The Hall–Kier alpha value is -3.88. The molecule has 1 heterocycles. The number of methoxy groups -OCH3 is 1. The maximum atomic E-state index is 13.0. The number of benzene rings is 2. The van der Waals surface area contributed by atoms with E-state index in [4.69, 9.17) is 9.47 Å². The molecule has 3 aromatic rings. The summed E-state index contributed by atoms with van der Waals surface area (Å²) in [4.78, 5) is 42.6. The van der Waals surface area contributed by atoms with E-state index < -0.39 is 11.7 Å². The summed E-state index contributed by atoms with van der Waals surface area (Å²) in [5.41, 5.74) is 0.798. The van der Waals surface area contributed by atoms with E-state index in [2.05, 4.69) is 15.6 Å². The average Bonchev–Trinajstić information content (AvgIpc) is 3.62. The number of ether oxygens (including phenoxy) is 2. The quantitative estimate of drug-likeness (QED) is 0.511. The molecule has 0 spiro atoms. The van der Waals surface area contributed by atoms with Crippen molar-refractivity contribution in [2.24, 2.45) is 0 Å². The zero-order valence-electron chi connectivity index (χ0n) is 20.4. The van der Waals surface area contributed by atoms with Gasteiger partial charge in [-0.2, -0.15) is 0 Å². The molecule has 4 rings (SSSR count). The number of para-hydroxylation sites is 1. The second kappa shape index (κ2) is 9.77. The first-order valence-electron chi connectivity index (χ1n) is 11.6. The van der Waals surface area contributed by atoms with Crippen LogP contribution in [-0.4, -0.2) is 34.3 Å². The lowest BCUT2D eigenvalue weighted by atomic mass is 10.2. The summed E-state index contributed by atoms with van der Waals surface area (Å²) in [5.74, 6) is 0.819. The summed E-state index contributed by atoms with van der Waals surface area (Å²) in [7, 11) is 1.49. The van der Waals surface area contributed by atoms with Gasteiger partial charge in [-0.15, -0.1) is 0 Å². The minimum atomic E-state index is -0.652. The number of hydrogen-bond donors (Lipinski definition) is 2. The molecule has 2 amide bonds. The summed E-state index contributed by atoms with van der Waals surface area (Å²) in [6.45, 7) is 5.31. The van der Waals surface area contributed by atoms with Crippen LogP contribution in [0.3, 0.4) is 0 Å². The molecular formula is C26H30N4O5. The summed E-state index contributed by atoms with van der Waals surface area (Å²) < 4.78 is 12.3. The molecule has 1 aliphatic rings. The summed E-state index contributed by atoms with van der Waals surface area (Å²) >= 11 is 0. The molecule has 0 atom stereocenters. The highest BCUT2D eigenvalue weighted by atomic mass is 16.6. The molecular weight excluding hydrogens is 448 g/mol. The lowest BCUT2D eigenvalue weighted by Gasteiger charge is -2.20. The number of anilines is 2. The highest BCUT2D eigenvalue weighted by molar-refractivity contribution is 5.93. The first kappa shape index (κ1) is 24.3. The van der Waals surface area contributed by atoms with E-state index in [-0.39, 0.29) is 23.9 Å². The van der Waals surface area contributed by atoms with Crippen LogP contribution in [0.5, 0.6) is 5.75 Å². The van der Waals surface area contributed by atoms with Crippen molar-refractivity contribution in [2.75, 3.05) is 17.7 Å². The molecule has 184 valence electrons. The molecule has 0 aliphatic heterocycles. The number of carbonyl (C=O) groups excluding carboxylic acids is 2. The third-order valence-corrected chi connectivity index (χ3v) is 5.49. The molecule has 2 N–H and O–H groups in total. The lowest BCUT2D eigenvalue weighted by Crippen LogP contribution is -2.27. The highest BCUT2D eigenvalue weighted by Gasteiger charge is 2.28. The Morgan fingerprint density at radius 2 is 1.86 bits per heavy atom. The Balaban J connectivity index is 1.47. The molecule has 35 heavy (non-hydrogen) atoms. The number of aromatic nitrogens is 2. The Morgan fingerprint density at radius 1 is 1.11 bits per heavy atom. The van der Waals surface area contributed by atoms with Gasteiger partial charge in [0, 0.05) is 24.6 Å². The zero-order chi connectivity index (χ0) is 25.2. The maximum absolute atomic E-state index is 13.0. The Morgan fingerprint density at radius 3 is 2.54 bits per heavy atom. The van der Waals surface area contributed by atoms with Gasteiger partial charge >= 0.3 is 6.09 Å². The zero-order valence-corrected chi connectivity index (χ0v) is 20.4. The fraction of sp³-hybridized carbons (Fsp3) is 0.385. The molecule has 0 bridgehead atoms. The van der Waals surface area contributed by atoms with Crippen molar-refractivity contribution in [3.8, 4) is 5.75 Å². The maximum Gasteiger partial charge on any atom is 0.412 e. The van der Waals surface area contributed by atoms with Crippen LogP contribution >= 0.6 is 0 Å². The van der Waals surface area contributed by atoms with E-state index in [0.717, 1.165) is 12.8 Å². The minimum Gasteiger partial charge on any atom is -0.495 e. The van der Waals surface area contributed by atoms with Crippen molar-refractivity contribution in [2.45, 2.75) is 58.1 Å². The molecule has 0 unspecified atom stereocenters. The number of amides is 2. The predicted octanol–water partition coefficient (Wildman–Crippen LogP) is 4.66. The number of rotatable bonds is 7. The summed E-state index contributed by atoms with van der Waals surface area (Å²) in [6.07, 6.45) is 1.75. The van der Waals surface area contributed by atoms with Crippen molar-refractivity contribution in [1.82, 2.24) is 9.55 Å². The van der Waals surface area contributed by atoms with Crippen LogP contribution in [0.2, 0.25) is 0 Å². The van der Waals surface area contributed by atoms with Gasteiger partial charge < -0.3 is 14.8 Å². The monoisotopic (exact) mass is 478 g/mol. The fourth-order valence-corrected chi connectivity index (χ4v) is 3.82. The molecule has 1 fully saturated rings. The van der Waals surface area contributed by atoms with Gasteiger partial charge in [0.05, 0.1) is 23.7 Å². The van der Waals surface area contributed by atoms with Crippen molar-refractivity contribution in [3.05, 3.63) is 58.6 Å². The normalized spacial score (nSPS) is 13.4. The van der Waals surface area contributed by atoms with Crippen molar-refractivity contribution >= 4 is 34.3 Å². The van der Waals surface area contributed by atoms with E-state index in [0.29, 0.717) is 40.3 Å². The van der Waals surface area contributed by atoms with Gasteiger partial charge in [-0.25, -0.2) is 9.78 Å². The SMILES string of the molecule is COc1ccc(NC(=O)CCc2nc3ccccc3c(=O)n2C2CC2)cc1NC(=O)OC(C)(C)C. The van der Waals surface area contributed by atoms with E-state index in [1.165, 1.54) is 7.11 Å². The second-order valence-electron chi connectivity index (χ2n) is 9.54. The molecule has 1 aromatic heterocycles. The van der Waals surface area contributed by atoms with E-state index >= 15 is 0 Å². The topological polar surface area (TPSA) is 112 Å². The van der Waals surface area contributed by atoms with Crippen molar-refractivity contribution in [3.63, 3.8) is 0 Å². The van der Waals surface area contributed by atoms with Gasteiger partial charge in [0.25, 0.3) is 5.56 Å². The molecule has 0 saturated heterocycles. The van der Waals surface area contributed by atoms with Crippen molar-refractivity contribution < 1.29 is 19.1 Å². The van der Waals surface area contributed by atoms with Gasteiger partial charge in [0.1, 0.15) is 17.2 Å². The van der Waals surface area contributed by atoms with E-state index in [1.807, 2.05) is 18.2 Å². The number of hydrogen-bond acceptors (Lipinski definition) is 6. The summed E-state index contributed by atoms with van der Waals surface area (Å²) in [5, 5.41) is 6.09. The van der Waals surface area contributed by atoms with Crippen LogP contribution in [-0.2, 0) is 16.0 Å². The third kappa shape index (κ3) is 5.98. The van der Waals surface area contributed by atoms with Gasteiger partial charge in [0.15, 0.2) is 0 Å².